The molecule has 0 unspecified atom stereocenters. The van der Waals surface area contributed by atoms with Gasteiger partial charge in [-0.05, 0) is 68.3 Å². The van der Waals surface area contributed by atoms with Crippen molar-refractivity contribution in [3.05, 3.63) is 77.8 Å². The van der Waals surface area contributed by atoms with E-state index in [1.807, 2.05) is 6.92 Å². The van der Waals surface area contributed by atoms with Crippen molar-refractivity contribution in [3.8, 4) is 17.1 Å². The molecular weight excluding hydrogens is 411 g/mol. The Balaban J connectivity index is 1.31. The third-order valence-corrected chi connectivity index (χ3v) is 5.50. The highest BCUT2D eigenvalue weighted by atomic mass is 19.1. The second-order valence-corrected chi connectivity index (χ2v) is 7.64. The number of amides is 2. The summed E-state index contributed by atoms with van der Waals surface area (Å²) in [6.07, 6.45) is 1.30. The van der Waals surface area contributed by atoms with Gasteiger partial charge in [-0.15, -0.1) is 0 Å². The number of halogens is 1. The molecule has 0 aliphatic carbocycles. The molecule has 4 rings (SSSR count). The lowest BCUT2D eigenvalue weighted by Gasteiger charge is -2.32. The molecule has 1 saturated heterocycles. The molecule has 0 atom stereocenters. The van der Waals surface area contributed by atoms with Crippen molar-refractivity contribution in [3.63, 3.8) is 0 Å². The highest BCUT2D eigenvalue weighted by Gasteiger charge is 2.26. The van der Waals surface area contributed by atoms with Crippen LogP contribution in [0.2, 0.25) is 0 Å². The summed E-state index contributed by atoms with van der Waals surface area (Å²) in [6, 6.07) is 16.5. The van der Waals surface area contributed by atoms with Crippen LogP contribution in [-0.2, 0) is 0 Å². The van der Waals surface area contributed by atoms with Crippen LogP contribution in [0, 0.1) is 5.82 Å². The zero-order valence-corrected chi connectivity index (χ0v) is 17.8. The summed E-state index contributed by atoms with van der Waals surface area (Å²) in [6.45, 7) is 3.59. The monoisotopic (exact) mass is 436 g/mol. The molecule has 1 N–H and O–H groups in total. The molecule has 1 fully saturated rings. The minimum Gasteiger partial charge on any atom is -0.494 e. The van der Waals surface area contributed by atoms with Crippen LogP contribution in [0.25, 0.3) is 11.3 Å². The highest BCUT2D eigenvalue weighted by molar-refractivity contribution is 5.94. The van der Waals surface area contributed by atoms with Gasteiger partial charge in [-0.2, -0.15) is 0 Å². The quantitative estimate of drug-likeness (QED) is 0.617. The Morgan fingerprint density at radius 3 is 2.47 bits per heavy atom. The number of nitrogens with zero attached hydrogens (tertiary/aromatic N) is 1. The number of hydrogen-bond donors (Lipinski definition) is 1. The second kappa shape index (κ2) is 9.68. The van der Waals surface area contributed by atoms with Gasteiger partial charge < -0.3 is 19.4 Å². The van der Waals surface area contributed by atoms with Gasteiger partial charge in [0.15, 0.2) is 5.76 Å². The molecule has 6 nitrogen and oxygen atoms in total. The first-order chi connectivity index (χ1) is 15.5. The van der Waals surface area contributed by atoms with Gasteiger partial charge >= 0.3 is 0 Å². The van der Waals surface area contributed by atoms with Crippen molar-refractivity contribution in [1.29, 1.82) is 0 Å². The lowest BCUT2D eigenvalue weighted by atomic mass is 10.0. The van der Waals surface area contributed by atoms with E-state index in [0.717, 1.165) is 5.75 Å². The topological polar surface area (TPSA) is 71.8 Å². The first-order valence-electron chi connectivity index (χ1n) is 10.7. The number of furan rings is 1. The molecule has 1 aliphatic rings. The Morgan fingerprint density at radius 2 is 1.78 bits per heavy atom. The van der Waals surface area contributed by atoms with Crippen LogP contribution in [0.3, 0.4) is 0 Å². The van der Waals surface area contributed by atoms with Crippen LogP contribution in [0.15, 0.2) is 65.1 Å². The molecule has 0 saturated carbocycles. The molecular formula is C25H25FN2O4. The Hall–Kier alpha value is -3.61. The molecule has 0 bridgehead atoms. The van der Waals surface area contributed by atoms with E-state index in [-0.39, 0.29) is 23.6 Å². The van der Waals surface area contributed by atoms with E-state index >= 15 is 0 Å². The summed E-state index contributed by atoms with van der Waals surface area (Å²) in [7, 11) is 0. The second-order valence-electron chi connectivity index (χ2n) is 7.64. The number of carbonyl (C=O) groups excluding carboxylic acids is 2. The lowest BCUT2D eigenvalue weighted by molar-refractivity contribution is 0.0695. The van der Waals surface area contributed by atoms with E-state index in [9.17, 15) is 14.0 Å². The van der Waals surface area contributed by atoms with E-state index in [1.54, 1.807) is 59.5 Å². The van der Waals surface area contributed by atoms with E-state index in [1.165, 1.54) is 6.07 Å². The zero-order valence-electron chi connectivity index (χ0n) is 17.8. The van der Waals surface area contributed by atoms with Crippen LogP contribution in [-0.4, -0.2) is 42.5 Å². The predicted molar refractivity (Wildman–Crippen MR) is 118 cm³/mol. The maximum atomic E-state index is 13.9. The third-order valence-electron chi connectivity index (χ3n) is 5.50. The van der Waals surface area contributed by atoms with Crippen LogP contribution in [0.4, 0.5) is 4.39 Å². The fourth-order valence-electron chi connectivity index (χ4n) is 3.79. The van der Waals surface area contributed by atoms with E-state index in [2.05, 4.69) is 5.32 Å². The van der Waals surface area contributed by atoms with Crippen molar-refractivity contribution >= 4 is 11.8 Å². The molecule has 0 spiro atoms. The maximum absolute atomic E-state index is 13.9. The number of carbonyl (C=O) groups is 2. The lowest BCUT2D eigenvalue weighted by Crippen LogP contribution is -2.46. The summed E-state index contributed by atoms with van der Waals surface area (Å²) in [5.41, 5.74) is 0.930. The van der Waals surface area contributed by atoms with Crippen LogP contribution in [0.1, 0.15) is 40.7 Å². The third kappa shape index (κ3) is 4.82. The minimum absolute atomic E-state index is 0.0293. The molecule has 32 heavy (non-hydrogen) atoms. The van der Waals surface area contributed by atoms with Crippen molar-refractivity contribution in [2.45, 2.75) is 25.8 Å². The number of hydrogen-bond acceptors (Lipinski definition) is 4. The zero-order chi connectivity index (χ0) is 22.5. The van der Waals surface area contributed by atoms with E-state index < -0.39 is 5.82 Å². The van der Waals surface area contributed by atoms with Crippen molar-refractivity contribution in [1.82, 2.24) is 10.2 Å². The molecule has 0 radical (unpaired) electrons. The number of piperidine rings is 1. The Kier molecular flexibility index (Phi) is 6.54. The van der Waals surface area contributed by atoms with Gasteiger partial charge in [0.05, 0.1) is 12.2 Å². The van der Waals surface area contributed by atoms with Crippen LogP contribution >= 0.6 is 0 Å². The molecule has 1 aromatic heterocycles. The van der Waals surface area contributed by atoms with Crippen LogP contribution in [0.5, 0.6) is 5.75 Å². The van der Waals surface area contributed by atoms with Crippen LogP contribution < -0.4 is 10.1 Å². The molecule has 1 aliphatic heterocycles. The number of ether oxygens (including phenoxy) is 1. The van der Waals surface area contributed by atoms with Crippen molar-refractivity contribution < 1.29 is 23.1 Å². The summed E-state index contributed by atoms with van der Waals surface area (Å²) >= 11 is 0. The highest BCUT2D eigenvalue weighted by Crippen LogP contribution is 2.25. The molecule has 3 aromatic rings. The van der Waals surface area contributed by atoms with Gasteiger partial charge in [-0.25, -0.2) is 4.39 Å². The molecule has 7 heteroatoms. The minimum atomic E-state index is -0.404. The normalized spacial score (nSPS) is 14.2. The number of benzene rings is 2. The van der Waals surface area contributed by atoms with E-state index in [4.69, 9.17) is 9.15 Å². The Labute approximate surface area is 186 Å². The number of rotatable bonds is 6. The Bertz CT molecular complexity index is 1090. The fourth-order valence-corrected chi connectivity index (χ4v) is 3.79. The average Bonchev–Trinajstić information content (AvgIpc) is 3.30. The standard InChI is InChI=1S/C25H25FN2O4/c1-2-31-19-9-7-17(8-10-19)25(30)28-15-13-18(14-16-28)27-24(29)23-12-11-22(32-23)20-5-3-4-6-21(20)26/h3-12,18H,2,13-16H2,1H3,(H,27,29). The average molecular weight is 436 g/mol. The summed E-state index contributed by atoms with van der Waals surface area (Å²) < 4.78 is 24.9. The predicted octanol–water partition coefficient (Wildman–Crippen LogP) is 4.52. The molecule has 2 amide bonds. The molecule has 2 heterocycles. The number of likely N-dealkylation sites (tertiary alicyclic amines) is 1. The van der Waals surface area contributed by atoms with Gasteiger partial charge in [-0.1, -0.05) is 12.1 Å². The SMILES string of the molecule is CCOc1ccc(C(=O)N2CCC(NC(=O)c3ccc(-c4ccccc4F)o3)CC2)cc1. The van der Waals surface area contributed by atoms with Gasteiger partial charge in [0.1, 0.15) is 17.3 Å². The first kappa shape index (κ1) is 21.6. The summed E-state index contributed by atoms with van der Waals surface area (Å²) in [5.74, 6) is 0.405. The van der Waals surface area contributed by atoms with Gasteiger partial charge in [-0.3, -0.25) is 9.59 Å². The van der Waals surface area contributed by atoms with Gasteiger partial charge in [0.25, 0.3) is 11.8 Å². The summed E-state index contributed by atoms with van der Waals surface area (Å²) in [5, 5.41) is 2.95. The largest absolute Gasteiger partial charge is 0.494 e. The fraction of sp³-hybridized carbons (Fsp3) is 0.280. The molecule has 166 valence electrons. The van der Waals surface area contributed by atoms with Crippen molar-refractivity contribution in [2.24, 2.45) is 0 Å². The van der Waals surface area contributed by atoms with Crippen molar-refractivity contribution in [2.75, 3.05) is 19.7 Å². The molecule has 2 aromatic carbocycles. The number of nitrogens with one attached hydrogen (secondary N) is 1. The first-order valence-corrected chi connectivity index (χ1v) is 10.7. The Morgan fingerprint density at radius 1 is 1.06 bits per heavy atom. The summed E-state index contributed by atoms with van der Waals surface area (Å²) in [4.78, 5) is 27.1. The van der Waals surface area contributed by atoms with Gasteiger partial charge in [0.2, 0.25) is 0 Å². The van der Waals surface area contributed by atoms with E-state index in [0.29, 0.717) is 49.4 Å². The smallest absolute Gasteiger partial charge is 0.287 e. The van der Waals surface area contributed by atoms with Gasteiger partial charge in [0, 0.05) is 24.7 Å². The maximum Gasteiger partial charge on any atom is 0.287 e.